The third kappa shape index (κ3) is 3.49. The number of nitro groups is 1. The van der Waals surface area contributed by atoms with Crippen molar-refractivity contribution in [2.75, 3.05) is 32.1 Å². The molecule has 3 rings (SSSR count). The fourth-order valence-electron chi connectivity index (χ4n) is 3.03. The van der Waals surface area contributed by atoms with E-state index in [-0.39, 0.29) is 22.9 Å². The Labute approximate surface area is 155 Å². The van der Waals surface area contributed by atoms with Crippen LogP contribution >= 0.6 is 11.6 Å². The van der Waals surface area contributed by atoms with Crippen molar-refractivity contribution in [3.05, 3.63) is 62.7 Å². The fraction of sp³-hybridized carbons (Fsp3) is 0.278. The molecule has 1 amide bonds. The minimum atomic E-state index is -0.519. The van der Waals surface area contributed by atoms with Gasteiger partial charge in [0.2, 0.25) is 0 Å². The van der Waals surface area contributed by atoms with Gasteiger partial charge in [-0.3, -0.25) is 14.9 Å². The number of anilines is 1. The minimum absolute atomic E-state index is 0.124. The molecule has 0 fully saturated rings. The molecule has 1 heterocycles. The van der Waals surface area contributed by atoms with Crippen molar-refractivity contribution < 1.29 is 14.5 Å². The molecule has 0 saturated carbocycles. The summed E-state index contributed by atoms with van der Waals surface area (Å²) in [7, 11) is 3.37. The Bertz CT molecular complexity index is 872. The van der Waals surface area contributed by atoms with Gasteiger partial charge in [0.1, 0.15) is 5.75 Å². The molecule has 8 heteroatoms. The first-order valence-electron chi connectivity index (χ1n) is 8.02. The Balaban J connectivity index is 2.04. The molecule has 0 aliphatic carbocycles. The molecule has 2 aromatic carbocycles. The summed E-state index contributed by atoms with van der Waals surface area (Å²) in [5.74, 6) is -0.0899. The van der Waals surface area contributed by atoms with Crippen LogP contribution in [0.1, 0.15) is 15.9 Å². The van der Waals surface area contributed by atoms with Gasteiger partial charge in [-0.25, -0.2) is 0 Å². The Kier molecular flexibility index (Phi) is 5.11. The van der Waals surface area contributed by atoms with Crippen molar-refractivity contribution in [2.45, 2.75) is 6.54 Å². The van der Waals surface area contributed by atoms with Crippen LogP contribution in [0.25, 0.3) is 0 Å². The molecule has 2 aromatic rings. The van der Waals surface area contributed by atoms with E-state index in [1.165, 1.54) is 25.3 Å². The van der Waals surface area contributed by atoms with Crippen LogP contribution < -0.4 is 9.64 Å². The van der Waals surface area contributed by atoms with Gasteiger partial charge in [-0.05, 0) is 36.9 Å². The minimum Gasteiger partial charge on any atom is -0.496 e. The Morgan fingerprint density at radius 1 is 1.23 bits per heavy atom. The summed E-state index contributed by atoms with van der Waals surface area (Å²) in [6, 6.07) is 9.43. The molecule has 1 aliphatic rings. The summed E-state index contributed by atoms with van der Waals surface area (Å²) in [4.78, 5) is 27.4. The first-order chi connectivity index (χ1) is 12.4. The second-order valence-corrected chi connectivity index (χ2v) is 6.55. The van der Waals surface area contributed by atoms with Crippen molar-refractivity contribution in [2.24, 2.45) is 0 Å². The molecule has 136 valence electrons. The number of likely N-dealkylation sites (N-methyl/N-ethyl adjacent to an activating group) is 1. The van der Waals surface area contributed by atoms with Gasteiger partial charge < -0.3 is 14.5 Å². The summed E-state index contributed by atoms with van der Waals surface area (Å²) >= 11 is 6.11. The maximum absolute atomic E-state index is 13.2. The van der Waals surface area contributed by atoms with E-state index in [1.54, 1.807) is 11.0 Å². The second-order valence-electron chi connectivity index (χ2n) is 6.11. The van der Waals surface area contributed by atoms with E-state index in [9.17, 15) is 14.9 Å². The number of non-ortho nitro benzene ring substituents is 1. The van der Waals surface area contributed by atoms with Crippen LogP contribution in [-0.4, -0.2) is 43.0 Å². The highest BCUT2D eigenvalue weighted by Crippen LogP contribution is 2.31. The van der Waals surface area contributed by atoms with Gasteiger partial charge >= 0.3 is 0 Å². The first kappa shape index (κ1) is 18.2. The molecule has 0 radical (unpaired) electrons. The Hall–Kier alpha value is -2.64. The number of rotatable bonds is 3. The third-order valence-electron chi connectivity index (χ3n) is 4.35. The van der Waals surface area contributed by atoms with Crippen molar-refractivity contribution in [3.63, 3.8) is 0 Å². The number of methoxy groups -OCH3 is 1. The monoisotopic (exact) mass is 375 g/mol. The number of benzene rings is 2. The zero-order chi connectivity index (χ0) is 18.8. The summed E-state index contributed by atoms with van der Waals surface area (Å²) < 4.78 is 5.22. The Morgan fingerprint density at radius 2 is 2.00 bits per heavy atom. The number of carbonyl (C=O) groups is 1. The van der Waals surface area contributed by atoms with Crippen molar-refractivity contribution in [1.29, 1.82) is 0 Å². The number of hydrogen-bond acceptors (Lipinski definition) is 5. The molecule has 0 aromatic heterocycles. The highest BCUT2D eigenvalue weighted by Gasteiger charge is 2.27. The summed E-state index contributed by atoms with van der Waals surface area (Å²) in [5, 5.41) is 11.6. The molecular formula is C18H18ClN3O4. The molecule has 0 spiro atoms. The quantitative estimate of drug-likeness (QED) is 0.607. The van der Waals surface area contributed by atoms with Crippen LogP contribution in [0, 0.1) is 10.1 Å². The Morgan fingerprint density at radius 3 is 2.69 bits per heavy atom. The first-order valence-corrected chi connectivity index (χ1v) is 8.39. The predicted octanol–water partition coefficient (Wildman–Crippen LogP) is 3.35. The highest BCUT2D eigenvalue weighted by molar-refractivity contribution is 6.30. The van der Waals surface area contributed by atoms with Crippen LogP contribution in [0.15, 0.2) is 36.4 Å². The van der Waals surface area contributed by atoms with E-state index < -0.39 is 4.92 Å². The number of halogens is 1. The fourth-order valence-corrected chi connectivity index (χ4v) is 3.23. The number of hydrogen-bond donors (Lipinski definition) is 0. The number of ether oxygens (including phenoxy) is 1. The smallest absolute Gasteiger partial charge is 0.273 e. The molecule has 0 saturated heterocycles. The largest absolute Gasteiger partial charge is 0.496 e. The van der Waals surface area contributed by atoms with Crippen molar-refractivity contribution in [1.82, 2.24) is 4.90 Å². The number of nitrogens with zero attached hydrogens (tertiary/aromatic N) is 3. The van der Waals surface area contributed by atoms with Crippen molar-refractivity contribution >= 4 is 28.9 Å². The van der Waals surface area contributed by atoms with Gasteiger partial charge in [0, 0.05) is 36.4 Å². The average Bonchev–Trinajstić information content (AvgIpc) is 2.78. The number of carbonyl (C=O) groups excluding carboxylic acids is 1. The summed E-state index contributed by atoms with van der Waals surface area (Å²) in [6.07, 6.45) is 0. The molecule has 0 unspecified atom stereocenters. The van der Waals surface area contributed by atoms with E-state index in [0.717, 1.165) is 11.3 Å². The van der Waals surface area contributed by atoms with E-state index in [4.69, 9.17) is 16.3 Å². The van der Waals surface area contributed by atoms with Crippen LogP contribution in [0.4, 0.5) is 11.4 Å². The lowest BCUT2D eigenvalue weighted by atomic mass is 10.1. The molecule has 7 nitrogen and oxygen atoms in total. The van der Waals surface area contributed by atoms with Crippen LogP contribution in [0.2, 0.25) is 5.02 Å². The van der Waals surface area contributed by atoms with Crippen LogP contribution in [-0.2, 0) is 6.54 Å². The lowest BCUT2D eigenvalue weighted by Crippen LogP contribution is -2.35. The second kappa shape index (κ2) is 7.31. The van der Waals surface area contributed by atoms with E-state index in [0.29, 0.717) is 24.7 Å². The van der Waals surface area contributed by atoms with Gasteiger partial charge in [-0.15, -0.1) is 0 Å². The van der Waals surface area contributed by atoms with E-state index >= 15 is 0 Å². The maximum Gasteiger partial charge on any atom is 0.273 e. The van der Waals surface area contributed by atoms with Crippen LogP contribution in [0.3, 0.4) is 0 Å². The standard InChI is InChI=1S/C18H18ClN3O4/c1-20-7-8-21(16-6-3-13(19)9-12(16)11-20)18(23)15-5-4-14(22(24)25)10-17(15)26-2/h3-6,9-10H,7-8,11H2,1-2H3. The van der Waals surface area contributed by atoms with Gasteiger partial charge in [0.15, 0.2) is 0 Å². The van der Waals surface area contributed by atoms with Crippen LogP contribution in [0.5, 0.6) is 5.75 Å². The number of nitro benzene ring substituents is 1. The van der Waals surface area contributed by atoms with Crippen molar-refractivity contribution in [3.8, 4) is 5.75 Å². The number of fused-ring (bicyclic) bond motifs is 1. The average molecular weight is 376 g/mol. The van der Waals surface area contributed by atoms with Gasteiger partial charge in [-0.2, -0.15) is 0 Å². The zero-order valence-corrected chi connectivity index (χ0v) is 15.2. The van der Waals surface area contributed by atoms with Gasteiger partial charge in [0.05, 0.1) is 23.7 Å². The van der Waals surface area contributed by atoms with Gasteiger partial charge in [-0.1, -0.05) is 11.6 Å². The predicted molar refractivity (Wildman–Crippen MR) is 99.1 cm³/mol. The summed E-state index contributed by atoms with van der Waals surface area (Å²) in [5.41, 5.74) is 1.89. The molecule has 1 aliphatic heterocycles. The lowest BCUT2D eigenvalue weighted by molar-refractivity contribution is -0.384. The normalized spacial score (nSPS) is 14.5. The molecular weight excluding hydrogens is 358 g/mol. The lowest BCUT2D eigenvalue weighted by Gasteiger charge is -2.23. The molecule has 0 atom stereocenters. The zero-order valence-electron chi connectivity index (χ0n) is 14.4. The topological polar surface area (TPSA) is 75.9 Å². The van der Waals surface area contributed by atoms with E-state index in [1.807, 2.05) is 19.2 Å². The summed E-state index contributed by atoms with van der Waals surface area (Å²) in [6.45, 7) is 1.86. The third-order valence-corrected chi connectivity index (χ3v) is 4.58. The van der Waals surface area contributed by atoms with E-state index in [2.05, 4.69) is 4.90 Å². The molecule has 0 bridgehead atoms. The molecule has 26 heavy (non-hydrogen) atoms. The highest BCUT2D eigenvalue weighted by atomic mass is 35.5. The van der Waals surface area contributed by atoms with Gasteiger partial charge in [0.25, 0.3) is 11.6 Å². The number of amides is 1. The maximum atomic E-state index is 13.2. The SMILES string of the molecule is COc1cc([N+](=O)[O-])ccc1C(=O)N1CCN(C)Cc2cc(Cl)ccc21. The molecule has 0 N–H and O–H groups in total.